The maximum absolute atomic E-state index is 15.0. The van der Waals surface area contributed by atoms with Crippen LogP contribution < -0.4 is 9.64 Å². The third-order valence-corrected chi connectivity index (χ3v) is 5.88. The van der Waals surface area contributed by atoms with Crippen molar-refractivity contribution in [3.05, 3.63) is 107 Å². The van der Waals surface area contributed by atoms with Crippen LogP contribution in [0.5, 0.6) is 5.75 Å². The Hall–Kier alpha value is -4.90. The second-order valence-corrected chi connectivity index (χ2v) is 7.84. The highest BCUT2D eigenvalue weighted by Gasteiger charge is 2.46. The predicted octanol–water partition coefficient (Wildman–Crippen LogP) is 5.24. The van der Waals surface area contributed by atoms with Gasteiger partial charge in [0.1, 0.15) is 5.82 Å². The van der Waals surface area contributed by atoms with Gasteiger partial charge in [-0.2, -0.15) is 5.26 Å². The van der Waals surface area contributed by atoms with Gasteiger partial charge in [-0.1, -0.05) is 30.3 Å². The van der Waals surface area contributed by atoms with Crippen LogP contribution in [0.15, 0.2) is 88.5 Å². The van der Waals surface area contributed by atoms with E-state index in [0.29, 0.717) is 22.3 Å². The molecule has 0 spiro atoms. The van der Waals surface area contributed by atoms with Crippen LogP contribution in [-0.2, 0) is 4.79 Å². The summed E-state index contributed by atoms with van der Waals surface area (Å²) in [5.74, 6) is -2.83. The number of carbonyl (C=O) groups is 2. The molecule has 3 aromatic carbocycles. The molecule has 0 saturated carbocycles. The van der Waals surface area contributed by atoms with Crippen LogP contribution in [0.3, 0.4) is 0 Å². The van der Waals surface area contributed by atoms with Crippen molar-refractivity contribution in [1.29, 1.82) is 5.26 Å². The van der Waals surface area contributed by atoms with Gasteiger partial charge in [-0.05, 0) is 42.5 Å². The van der Waals surface area contributed by atoms with E-state index >= 15 is 0 Å². The molecule has 0 saturated heterocycles. The zero-order valence-electron chi connectivity index (χ0n) is 18.4. The Bertz CT molecular complexity index is 1560. The van der Waals surface area contributed by atoms with Gasteiger partial charge in [0, 0.05) is 16.6 Å². The number of rotatable bonds is 5. The molecule has 0 bridgehead atoms. The fourth-order valence-electron chi connectivity index (χ4n) is 4.23. The Balaban J connectivity index is 1.67. The summed E-state index contributed by atoms with van der Waals surface area (Å²) >= 11 is 0. The first kappa shape index (κ1) is 21.9. The Morgan fingerprint density at radius 2 is 1.86 bits per heavy atom. The molecule has 0 radical (unpaired) electrons. The van der Waals surface area contributed by atoms with Crippen LogP contribution in [0.25, 0.3) is 11.0 Å². The van der Waals surface area contributed by atoms with Crippen molar-refractivity contribution < 1.29 is 28.2 Å². The van der Waals surface area contributed by atoms with Crippen LogP contribution in [0.1, 0.15) is 27.7 Å². The van der Waals surface area contributed by atoms with Gasteiger partial charge in [-0.15, -0.1) is 0 Å². The van der Waals surface area contributed by atoms with Gasteiger partial charge in [0.25, 0.3) is 5.91 Å². The number of furan rings is 1. The number of anilines is 1. The van der Waals surface area contributed by atoms with Crippen molar-refractivity contribution in [2.24, 2.45) is 0 Å². The number of ketones is 1. The van der Waals surface area contributed by atoms with E-state index in [-0.39, 0.29) is 22.6 Å². The average molecular weight is 468 g/mol. The monoisotopic (exact) mass is 468 g/mol. The summed E-state index contributed by atoms with van der Waals surface area (Å²) in [6.07, 6.45) is 0. The molecule has 1 unspecified atom stereocenters. The van der Waals surface area contributed by atoms with E-state index in [9.17, 15) is 19.1 Å². The van der Waals surface area contributed by atoms with Crippen molar-refractivity contribution in [1.82, 2.24) is 0 Å². The number of Topliss-reactive ketones (excluding diaryl/α,β-unsaturated/α-hetero) is 1. The van der Waals surface area contributed by atoms with E-state index < -0.39 is 29.3 Å². The third-order valence-electron chi connectivity index (χ3n) is 5.88. The third kappa shape index (κ3) is 3.50. The molecule has 1 amide bonds. The van der Waals surface area contributed by atoms with E-state index in [4.69, 9.17) is 14.4 Å². The van der Waals surface area contributed by atoms with Gasteiger partial charge in [-0.3, -0.25) is 14.5 Å². The molecular weight excluding hydrogens is 451 g/mol. The quantitative estimate of drug-likeness (QED) is 0.402. The number of amides is 1. The highest BCUT2D eigenvalue weighted by Crippen LogP contribution is 2.43. The fourth-order valence-corrected chi connectivity index (χ4v) is 4.23. The van der Waals surface area contributed by atoms with E-state index in [0.717, 1.165) is 4.90 Å². The van der Waals surface area contributed by atoms with Crippen molar-refractivity contribution in [2.45, 2.75) is 6.04 Å². The number of methoxy groups -OCH3 is 1. The van der Waals surface area contributed by atoms with Crippen molar-refractivity contribution in [2.75, 3.05) is 12.0 Å². The van der Waals surface area contributed by atoms with Gasteiger partial charge >= 0.3 is 0 Å². The minimum Gasteiger partial charge on any atom is -0.503 e. The van der Waals surface area contributed by atoms with Crippen LogP contribution in [0.2, 0.25) is 0 Å². The lowest BCUT2D eigenvalue weighted by Crippen LogP contribution is -2.31. The predicted molar refractivity (Wildman–Crippen MR) is 125 cm³/mol. The number of nitrogens with zero attached hydrogens (tertiary/aromatic N) is 2. The lowest BCUT2D eigenvalue weighted by molar-refractivity contribution is -0.117. The van der Waals surface area contributed by atoms with Crippen LogP contribution in [0.4, 0.5) is 10.1 Å². The van der Waals surface area contributed by atoms with Crippen molar-refractivity contribution in [3.8, 4) is 11.8 Å². The molecule has 0 fully saturated rings. The molecule has 172 valence electrons. The van der Waals surface area contributed by atoms with E-state index in [1.54, 1.807) is 24.3 Å². The van der Waals surface area contributed by atoms with E-state index in [1.807, 2.05) is 6.07 Å². The highest BCUT2D eigenvalue weighted by atomic mass is 19.1. The number of hydrogen-bond donors (Lipinski definition) is 1. The summed E-state index contributed by atoms with van der Waals surface area (Å²) < 4.78 is 26.0. The molecule has 1 atom stereocenters. The number of carbonyl (C=O) groups excluding carboxylic acids is 2. The van der Waals surface area contributed by atoms with Crippen LogP contribution in [-0.4, -0.2) is 23.9 Å². The normalized spacial score (nSPS) is 15.5. The zero-order chi connectivity index (χ0) is 24.7. The zero-order valence-corrected chi connectivity index (χ0v) is 18.4. The van der Waals surface area contributed by atoms with Gasteiger partial charge in [0.05, 0.1) is 30.4 Å². The molecule has 2 heterocycles. The Morgan fingerprint density at radius 1 is 1.11 bits per heavy atom. The largest absolute Gasteiger partial charge is 0.503 e. The topological polar surface area (TPSA) is 104 Å². The first-order chi connectivity index (χ1) is 16.9. The summed E-state index contributed by atoms with van der Waals surface area (Å²) in [4.78, 5) is 28.0. The molecule has 8 heteroatoms. The molecule has 1 aliphatic heterocycles. The molecule has 1 aliphatic rings. The lowest BCUT2D eigenvalue weighted by atomic mass is 9.94. The average Bonchev–Trinajstić information content (AvgIpc) is 3.43. The first-order valence-corrected chi connectivity index (χ1v) is 10.6. The molecule has 1 aromatic heterocycles. The Morgan fingerprint density at radius 3 is 2.54 bits per heavy atom. The summed E-state index contributed by atoms with van der Waals surface area (Å²) in [5.41, 5.74) is 0.665. The second kappa shape index (κ2) is 8.47. The number of ether oxygens (including phenoxy) is 1. The smallest absolute Gasteiger partial charge is 0.294 e. The summed E-state index contributed by atoms with van der Waals surface area (Å²) in [6.45, 7) is 0. The van der Waals surface area contributed by atoms with Crippen molar-refractivity contribution in [3.63, 3.8) is 0 Å². The number of aliphatic hydroxyl groups excluding tert-OH is 1. The van der Waals surface area contributed by atoms with Gasteiger partial charge < -0.3 is 14.3 Å². The number of halogens is 1. The number of benzene rings is 3. The molecule has 0 aliphatic carbocycles. The Labute approximate surface area is 198 Å². The summed E-state index contributed by atoms with van der Waals surface area (Å²) in [5, 5.41) is 20.5. The highest BCUT2D eigenvalue weighted by molar-refractivity contribution is 6.20. The molecule has 5 rings (SSSR count). The second-order valence-electron chi connectivity index (χ2n) is 7.84. The van der Waals surface area contributed by atoms with Crippen molar-refractivity contribution >= 4 is 28.3 Å². The number of para-hydroxylation sites is 1. The molecule has 4 aromatic rings. The molecule has 35 heavy (non-hydrogen) atoms. The lowest BCUT2D eigenvalue weighted by Gasteiger charge is -2.27. The van der Waals surface area contributed by atoms with Gasteiger partial charge in [0.2, 0.25) is 5.78 Å². The van der Waals surface area contributed by atoms with Crippen LogP contribution >= 0.6 is 0 Å². The minimum atomic E-state index is -1.26. The first-order valence-electron chi connectivity index (χ1n) is 10.6. The fraction of sp³-hybridized carbons (Fsp3) is 0.0741. The number of aliphatic hydroxyl groups is 1. The molecule has 1 N–H and O–H groups in total. The van der Waals surface area contributed by atoms with E-state index in [1.165, 1.54) is 55.6 Å². The van der Waals surface area contributed by atoms with Crippen LogP contribution in [0, 0.1) is 17.1 Å². The Kier molecular flexibility index (Phi) is 5.30. The SMILES string of the molecule is COc1cccc2cc(C(=O)C3=C(O)C(=O)N(c4ccc(C#N)cc4)C3c3ccccc3F)oc12. The molecular formula is C27H17FN2O5. The summed E-state index contributed by atoms with van der Waals surface area (Å²) in [7, 11) is 1.46. The standard InChI is InChI=1S/C27H17FN2O5/c1-34-20-8-4-5-16-13-21(35-26(16)20)24(31)22-23(18-6-2-3-7-19(18)28)30(27(33)25(22)32)17-11-9-15(14-29)10-12-17/h2-13,23,32H,1H3. The van der Waals surface area contributed by atoms with Gasteiger partial charge in [-0.25, -0.2) is 4.39 Å². The van der Waals surface area contributed by atoms with E-state index in [2.05, 4.69) is 0 Å². The maximum atomic E-state index is 15.0. The number of fused-ring (bicyclic) bond motifs is 1. The molecule has 7 nitrogen and oxygen atoms in total. The number of nitriles is 1. The number of hydrogen-bond acceptors (Lipinski definition) is 6. The maximum Gasteiger partial charge on any atom is 0.294 e. The van der Waals surface area contributed by atoms with Gasteiger partial charge in [0.15, 0.2) is 22.9 Å². The summed E-state index contributed by atoms with van der Waals surface area (Å²) in [6, 6.07) is 19.0. The minimum absolute atomic E-state index is 0.0197.